The molecular formula is C5H4LiNO3. The molecule has 0 N–H and O–H groups in total. The molecule has 4 nitrogen and oxygen atoms in total. The number of carbonyl (C=O) groups is 1. The molecular weight excluding hydrogens is 129 g/mol. The predicted molar refractivity (Wildman–Crippen MR) is 25.6 cm³/mol. The van der Waals surface area contributed by atoms with Crippen molar-refractivity contribution in [2.24, 2.45) is 0 Å². The van der Waals surface area contributed by atoms with Crippen LogP contribution in [0.25, 0.3) is 0 Å². The van der Waals surface area contributed by atoms with Gasteiger partial charge in [0.2, 0.25) is 0 Å². The minimum atomic E-state index is -1.26. The Kier molecular flexibility index (Phi) is 3.20. The topological polar surface area (TPSA) is 66.2 Å². The molecule has 0 bridgehead atoms. The molecule has 10 heavy (non-hydrogen) atoms. The Morgan fingerprint density at radius 1 is 1.80 bits per heavy atom. The van der Waals surface area contributed by atoms with E-state index in [9.17, 15) is 9.90 Å². The summed E-state index contributed by atoms with van der Waals surface area (Å²) in [6.45, 7) is 1.51. The number of rotatable bonds is 1. The van der Waals surface area contributed by atoms with Gasteiger partial charge >= 0.3 is 18.9 Å². The van der Waals surface area contributed by atoms with Crippen molar-refractivity contribution in [1.82, 2.24) is 5.16 Å². The third-order valence-electron chi connectivity index (χ3n) is 0.971. The summed E-state index contributed by atoms with van der Waals surface area (Å²) in [5.41, 5.74) is 0.00926. The van der Waals surface area contributed by atoms with Crippen LogP contribution >= 0.6 is 0 Å². The molecule has 0 aromatic carbocycles. The van der Waals surface area contributed by atoms with Gasteiger partial charge in [-0.1, -0.05) is 5.16 Å². The number of carboxylic acids is 1. The molecule has 0 spiro atoms. The van der Waals surface area contributed by atoms with Crippen molar-refractivity contribution in [1.29, 1.82) is 0 Å². The Hall–Kier alpha value is -0.723. The number of hydrogen-bond donors (Lipinski definition) is 0. The Morgan fingerprint density at radius 2 is 2.40 bits per heavy atom. The van der Waals surface area contributed by atoms with Crippen molar-refractivity contribution in [2.75, 3.05) is 0 Å². The molecule has 0 saturated heterocycles. The smallest absolute Gasteiger partial charge is 0.545 e. The first-order valence-electron chi connectivity index (χ1n) is 2.34. The Labute approximate surface area is 69.4 Å². The number of nitrogens with zero attached hydrogens (tertiary/aromatic N) is 1. The fourth-order valence-corrected chi connectivity index (χ4v) is 0.495. The Bertz CT molecular complexity index is 233. The molecule has 0 aliphatic rings. The van der Waals surface area contributed by atoms with Gasteiger partial charge in [0.25, 0.3) is 0 Å². The van der Waals surface area contributed by atoms with Gasteiger partial charge in [-0.05, 0) is 6.92 Å². The third kappa shape index (κ3) is 1.63. The molecule has 0 aliphatic heterocycles. The standard InChI is InChI=1S/C5H5NO3.Li/c1-3-4(5(7)8)2-6-9-3;/h2H,1H3,(H,7,8);/q;+1/p-1. The van der Waals surface area contributed by atoms with Crippen LogP contribution in [0, 0.1) is 6.92 Å². The summed E-state index contributed by atoms with van der Waals surface area (Å²) < 4.78 is 4.45. The molecule has 1 rings (SSSR count). The predicted octanol–water partition coefficient (Wildman–Crippen LogP) is -3.65. The second kappa shape index (κ2) is 3.45. The first-order chi connectivity index (χ1) is 4.22. The first-order valence-corrected chi connectivity index (χ1v) is 2.34. The largest absolute Gasteiger partial charge is 1.00 e. The number of aromatic carboxylic acids is 1. The SMILES string of the molecule is Cc1oncc1C(=O)[O-].[Li+]. The van der Waals surface area contributed by atoms with Crippen LogP contribution in [0.3, 0.4) is 0 Å². The van der Waals surface area contributed by atoms with Crippen molar-refractivity contribution >= 4 is 5.97 Å². The average molecular weight is 133 g/mol. The van der Waals surface area contributed by atoms with Crippen molar-refractivity contribution in [3.63, 3.8) is 0 Å². The van der Waals surface area contributed by atoms with Crippen LogP contribution in [-0.2, 0) is 0 Å². The van der Waals surface area contributed by atoms with Crippen LogP contribution in [0.15, 0.2) is 10.7 Å². The van der Waals surface area contributed by atoms with Crippen LogP contribution < -0.4 is 24.0 Å². The maximum Gasteiger partial charge on any atom is 1.00 e. The van der Waals surface area contributed by atoms with Crippen molar-refractivity contribution in [3.8, 4) is 0 Å². The molecule has 1 heterocycles. The van der Waals surface area contributed by atoms with Crippen LogP contribution in [0.1, 0.15) is 16.1 Å². The van der Waals surface area contributed by atoms with E-state index in [4.69, 9.17) is 0 Å². The maximum atomic E-state index is 10.1. The Morgan fingerprint density at radius 3 is 2.60 bits per heavy atom. The van der Waals surface area contributed by atoms with E-state index in [0.717, 1.165) is 6.20 Å². The molecule has 0 amide bonds. The summed E-state index contributed by atoms with van der Waals surface area (Å²) in [7, 11) is 0. The number of carbonyl (C=O) groups excluding carboxylic acids is 1. The monoisotopic (exact) mass is 133 g/mol. The Balaban J connectivity index is 0.000000810. The zero-order chi connectivity index (χ0) is 6.85. The number of carboxylic acid groups (broad SMARTS) is 1. The van der Waals surface area contributed by atoms with Gasteiger partial charge in [-0.3, -0.25) is 0 Å². The summed E-state index contributed by atoms with van der Waals surface area (Å²) in [6, 6.07) is 0. The van der Waals surface area contributed by atoms with E-state index >= 15 is 0 Å². The maximum absolute atomic E-state index is 10.1. The minimum Gasteiger partial charge on any atom is -0.545 e. The minimum absolute atomic E-state index is 0. The summed E-state index contributed by atoms with van der Waals surface area (Å²) >= 11 is 0. The van der Waals surface area contributed by atoms with E-state index in [1.54, 1.807) is 0 Å². The fourth-order valence-electron chi connectivity index (χ4n) is 0.495. The van der Waals surface area contributed by atoms with E-state index in [1.807, 2.05) is 0 Å². The van der Waals surface area contributed by atoms with E-state index in [2.05, 4.69) is 9.68 Å². The van der Waals surface area contributed by atoms with Gasteiger partial charge in [0, 0.05) is 0 Å². The molecule has 0 unspecified atom stereocenters. The summed E-state index contributed by atoms with van der Waals surface area (Å²) in [4.78, 5) is 10.1. The molecule has 48 valence electrons. The van der Waals surface area contributed by atoms with Crippen molar-refractivity contribution < 1.29 is 33.3 Å². The summed E-state index contributed by atoms with van der Waals surface area (Å²) in [6.07, 6.45) is 1.12. The molecule has 0 aliphatic carbocycles. The van der Waals surface area contributed by atoms with Crippen LogP contribution in [-0.4, -0.2) is 11.1 Å². The normalized spacial score (nSPS) is 8.50. The quantitative estimate of drug-likeness (QED) is 0.370. The fraction of sp³-hybridized carbons (Fsp3) is 0.200. The molecule has 0 atom stereocenters. The number of aryl methyl sites for hydroxylation is 1. The second-order valence-corrected chi connectivity index (χ2v) is 1.58. The second-order valence-electron chi connectivity index (χ2n) is 1.58. The number of aromatic nitrogens is 1. The number of hydrogen-bond acceptors (Lipinski definition) is 4. The van der Waals surface area contributed by atoms with Gasteiger partial charge in [0.05, 0.1) is 17.7 Å². The van der Waals surface area contributed by atoms with Gasteiger partial charge in [-0.25, -0.2) is 0 Å². The molecule has 1 aromatic heterocycles. The van der Waals surface area contributed by atoms with Gasteiger partial charge < -0.3 is 14.4 Å². The van der Waals surface area contributed by atoms with Crippen LogP contribution in [0.5, 0.6) is 0 Å². The zero-order valence-electron chi connectivity index (χ0n) is 5.75. The zero-order valence-corrected chi connectivity index (χ0v) is 5.75. The van der Waals surface area contributed by atoms with Gasteiger partial charge in [-0.15, -0.1) is 0 Å². The van der Waals surface area contributed by atoms with Crippen LogP contribution in [0.2, 0.25) is 0 Å². The van der Waals surface area contributed by atoms with Gasteiger partial charge in [-0.2, -0.15) is 0 Å². The molecule has 5 heteroatoms. The van der Waals surface area contributed by atoms with Crippen molar-refractivity contribution in [3.05, 3.63) is 17.5 Å². The van der Waals surface area contributed by atoms with E-state index in [0.29, 0.717) is 0 Å². The summed E-state index contributed by atoms with van der Waals surface area (Å²) in [5.74, 6) is -0.983. The van der Waals surface area contributed by atoms with Gasteiger partial charge in [0.1, 0.15) is 5.76 Å². The van der Waals surface area contributed by atoms with Crippen molar-refractivity contribution in [2.45, 2.75) is 6.92 Å². The molecule has 0 fully saturated rings. The molecule has 0 saturated carbocycles. The van der Waals surface area contributed by atoms with Crippen LogP contribution in [0.4, 0.5) is 0 Å². The van der Waals surface area contributed by atoms with E-state index in [1.165, 1.54) is 6.92 Å². The van der Waals surface area contributed by atoms with E-state index < -0.39 is 5.97 Å². The average Bonchev–Trinajstić information content (AvgIpc) is 2.13. The molecule has 0 radical (unpaired) electrons. The summed E-state index contributed by atoms with van der Waals surface area (Å²) in [5, 5.41) is 13.3. The third-order valence-corrected chi connectivity index (χ3v) is 0.971. The first kappa shape index (κ1) is 9.28. The van der Waals surface area contributed by atoms with E-state index in [-0.39, 0.29) is 30.2 Å². The molecule has 1 aromatic rings. The van der Waals surface area contributed by atoms with Gasteiger partial charge in [0.15, 0.2) is 0 Å².